The number of likely N-dealkylation sites (N-methyl/N-ethyl adjacent to an activating group) is 1. The van der Waals surface area contributed by atoms with Crippen LogP contribution >= 0.6 is 0 Å². The molecule has 3 unspecified atom stereocenters. The summed E-state index contributed by atoms with van der Waals surface area (Å²) in [4.78, 5) is 66.6. The van der Waals surface area contributed by atoms with E-state index in [0.29, 0.717) is 17.7 Å². The first-order chi connectivity index (χ1) is 21.7. The molecule has 0 bridgehead atoms. The second-order valence-electron chi connectivity index (χ2n) is 11.4. The van der Waals surface area contributed by atoms with Gasteiger partial charge in [0.1, 0.15) is 11.8 Å². The number of carbonyl (C=O) groups excluding carboxylic acids is 5. The number of carbonyl (C=O) groups is 5. The van der Waals surface area contributed by atoms with Crippen molar-refractivity contribution in [3.8, 4) is 5.75 Å². The van der Waals surface area contributed by atoms with E-state index in [4.69, 9.17) is 4.74 Å². The van der Waals surface area contributed by atoms with Gasteiger partial charge in [-0.1, -0.05) is 38.1 Å². The molecule has 0 aliphatic carbocycles. The second kappa shape index (κ2) is 18.3. The Morgan fingerprint density at radius 3 is 2.02 bits per heavy atom. The molecular formula is C31H39N4NaO10S. The molecule has 14 nitrogen and oxygen atoms in total. The number of fused-ring (bicyclic) bond motifs is 1. The number of nitrogens with one attached hydrogen (secondary N) is 3. The maximum Gasteiger partial charge on any atom is 1.00 e. The molecule has 4 N–H and O–H groups in total. The first-order valence-electron chi connectivity index (χ1n) is 14.8. The third kappa shape index (κ3) is 11.4. The van der Waals surface area contributed by atoms with Crippen LogP contribution < -0.4 is 50.4 Å². The Bertz CT molecular complexity index is 1500. The van der Waals surface area contributed by atoms with Gasteiger partial charge in [0.05, 0.1) is 39.7 Å². The second-order valence-corrected chi connectivity index (χ2v) is 12.9. The number of hydrogen-bond donors (Lipinski definition) is 4. The molecule has 0 saturated carbocycles. The fourth-order valence-corrected chi connectivity index (χ4v) is 5.79. The predicted molar refractivity (Wildman–Crippen MR) is 164 cm³/mol. The predicted octanol–water partition coefficient (Wildman–Crippen LogP) is -1.75. The van der Waals surface area contributed by atoms with Gasteiger partial charge in [-0.15, -0.1) is 0 Å². The Labute approximate surface area is 296 Å². The van der Waals surface area contributed by atoms with Crippen LogP contribution in [0, 0.1) is 17.8 Å². The molecule has 3 rings (SSSR count). The molecule has 3 atom stereocenters. The number of amides is 5. The fraction of sp³-hybridized carbons (Fsp3) is 0.452. The van der Waals surface area contributed by atoms with E-state index in [2.05, 4.69) is 10.6 Å². The first-order valence-corrected chi connectivity index (χ1v) is 16.4. The molecule has 1 heterocycles. The van der Waals surface area contributed by atoms with Gasteiger partial charge in [0, 0.05) is 25.8 Å². The van der Waals surface area contributed by atoms with Crippen molar-refractivity contribution < 1.29 is 76.4 Å². The zero-order valence-corrected chi connectivity index (χ0v) is 29.7. The molecule has 2 aromatic rings. The van der Waals surface area contributed by atoms with Gasteiger partial charge in [0.2, 0.25) is 17.7 Å². The van der Waals surface area contributed by atoms with E-state index in [1.54, 1.807) is 41.9 Å². The summed E-state index contributed by atoms with van der Waals surface area (Å²) in [5.74, 6) is -5.94. The quantitative estimate of drug-likeness (QED) is 0.0369. The molecule has 1 aliphatic heterocycles. The number of unbranched alkanes of at least 4 members (excludes halogenated alkanes) is 1. The van der Waals surface area contributed by atoms with Crippen LogP contribution in [0.1, 0.15) is 59.4 Å². The number of rotatable bonds is 17. The van der Waals surface area contributed by atoms with Gasteiger partial charge < -0.3 is 19.9 Å². The van der Waals surface area contributed by atoms with Crippen molar-refractivity contribution in [1.29, 1.82) is 0 Å². The van der Waals surface area contributed by atoms with Gasteiger partial charge in [0.25, 0.3) is 11.8 Å². The summed E-state index contributed by atoms with van der Waals surface area (Å²) in [6, 6.07) is 11.8. The van der Waals surface area contributed by atoms with Crippen molar-refractivity contribution in [2.45, 2.75) is 45.6 Å². The van der Waals surface area contributed by atoms with E-state index in [0.717, 1.165) is 4.90 Å². The van der Waals surface area contributed by atoms with Crippen molar-refractivity contribution in [1.82, 2.24) is 21.0 Å². The van der Waals surface area contributed by atoms with Gasteiger partial charge >= 0.3 is 29.6 Å². The minimum absolute atomic E-state index is 0. The fourth-order valence-electron chi connectivity index (χ4n) is 5.23. The molecule has 1 aliphatic rings. The number of nitrogens with zero attached hydrogens (tertiary/aromatic N) is 1. The van der Waals surface area contributed by atoms with Crippen molar-refractivity contribution in [3.63, 3.8) is 0 Å². The largest absolute Gasteiger partial charge is 1.00 e. The zero-order valence-electron chi connectivity index (χ0n) is 26.9. The molecule has 0 saturated heterocycles. The van der Waals surface area contributed by atoms with E-state index in [1.807, 2.05) is 13.8 Å². The normalized spacial score (nSPS) is 14.5. The summed E-state index contributed by atoms with van der Waals surface area (Å²) < 4.78 is 37.7. The van der Waals surface area contributed by atoms with Crippen LogP contribution in [0.2, 0.25) is 0 Å². The summed E-state index contributed by atoms with van der Waals surface area (Å²) in [5, 5.41) is 14.8. The maximum absolute atomic E-state index is 13.8. The number of benzene rings is 2. The molecule has 0 fully saturated rings. The van der Waals surface area contributed by atoms with E-state index in [1.165, 1.54) is 19.2 Å². The summed E-state index contributed by atoms with van der Waals surface area (Å²) >= 11 is 0. The standard InChI is InChI=1S/C31H40N4O10S.Na/c1-19(2)16-24(25(28(37)34-41)18-35-30(39)22-8-4-5-9-23(22)31(35)40)27(36)33-26(29(38)32-3)17-20-10-12-21(13-11-20)45-14-6-7-15-46(42,43)44;/h4-5,8-13,19,24-26,41H,6-7,14-18H2,1-3H3,(H,32,38)(H,33,36)(H,34,37)(H,42,43,44);/q;+1/p-1. The Morgan fingerprint density at radius 1 is 0.915 bits per heavy atom. The number of hydroxylamine groups is 1. The van der Waals surface area contributed by atoms with Crippen molar-refractivity contribution in [2.24, 2.45) is 17.8 Å². The van der Waals surface area contributed by atoms with Gasteiger partial charge in [-0.2, -0.15) is 0 Å². The van der Waals surface area contributed by atoms with Crippen LogP contribution in [0.3, 0.4) is 0 Å². The van der Waals surface area contributed by atoms with Gasteiger partial charge in [-0.25, -0.2) is 13.9 Å². The Balaban J connectivity index is 0.00000768. The van der Waals surface area contributed by atoms with E-state index >= 15 is 0 Å². The first kappa shape index (κ1) is 39.8. The third-order valence-corrected chi connectivity index (χ3v) is 8.34. The molecule has 0 spiro atoms. The Hall–Kier alpha value is -3.34. The molecule has 5 amide bonds. The molecule has 16 heteroatoms. The average molecular weight is 683 g/mol. The number of ether oxygens (including phenoxy) is 1. The van der Waals surface area contributed by atoms with Crippen LogP contribution in [0.15, 0.2) is 48.5 Å². The Kier molecular flexibility index (Phi) is 15.5. The van der Waals surface area contributed by atoms with Gasteiger partial charge in [0.15, 0.2) is 0 Å². The van der Waals surface area contributed by atoms with E-state index in [9.17, 15) is 42.2 Å². The Morgan fingerprint density at radius 2 is 1.51 bits per heavy atom. The monoisotopic (exact) mass is 682 g/mol. The molecule has 0 aromatic heterocycles. The number of hydrogen-bond acceptors (Lipinski definition) is 10. The topological polar surface area (TPSA) is 211 Å². The minimum atomic E-state index is -4.28. The molecule has 0 radical (unpaired) electrons. The van der Waals surface area contributed by atoms with Gasteiger partial charge in [-0.05, 0) is 55.0 Å². The summed E-state index contributed by atoms with van der Waals surface area (Å²) in [6.45, 7) is 3.37. The van der Waals surface area contributed by atoms with Crippen molar-refractivity contribution in [3.05, 3.63) is 65.2 Å². The smallest absolute Gasteiger partial charge is 0.748 e. The SMILES string of the molecule is CNC(=O)C(Cc1ccc(OCCCCS(=O)(=O)[O-])cc1)NC(=O)C(CC(C)C)C(CN1C(=O)c2ccccc2C1=O)C(=O)NO.[Na+]. The molecule has 47 heavy (non-hydrogen) atoms. The van der Waals surface area contributed by atoms with Gasteiger partial charge in [-0.3, -0.25) is 34.1 Å². The van der Waals surface area contributed by atoms with E-state index < -0.39 is 69.8 Å². The van der Waals surface area contributed by atoms with Crippen molar-refractivity contribution in [2.75, 3.05) is 26.0 Å². The molecular weight excluding hydrogens is 643 g/mol. The van der Waals surface area contributed by atoms with Crippen LogP contribution in [-0.2, 0) is 30.9 Å². The van der Waals surface area contributed by atoms with Crippen molar-refractivity contribution >= 4 is 39.7 Å². The average Bonchev–Trinajstić information content (AvgIpc) is 3.26. The zero-order chi connectivity index (χ0) is 34.0. The van der Waals surface area contributed by atoms with E-state index in [-0.39, 0.29) is 72.5 Å². The molecule has 2 aromatic carbocycles. The number of imide groups is 1. The van der Waals surface area contributed by atoms with Crippen LogP contribution in [0.5, 0.6) is 5.75 Å². The minimum Gasteiger partial charge on any atom is -0.748 e. The summed E-state index contributed by atoms with van der Waals surface area (Å²) in [5.41, 5.74) is 2.57. The van der Waals surface area contributed by atoms with Crippen LogP contribution in [0.4, 0.5) is 0 Å². The third-order valence-electron chi connectivity index (χ3n) is 7.55. The van der Waals surface area contributed by atoms with Crippen LogP contribution in [0.25, 0.3) is 0 Å². The molecule has 250 valence electrons. The van der Waals surface area contributed by atoms with Crippen LogP contribution in [-0.4, -0.2) is 84.6 Å². The maximum atomic E-state index is 13.8. The summed E-state index contributed by atoms with van der Waals surface area (Å²) in [6.07, 6.45) is 0.749. The summed E-state index contributed by atoms with van der Waals surface area (Å²) in [7, 11) is -2.87.